The average molecular weight is 312 g/mol. The number of anilines is 2. The summed E-state index contributed by atoms with van der Waals surface area (Å²) in [6, 6.07) is 11.5. The second-order valence-corrected chi connectivity index (χ2v) is 5.39. The smallest absolute Gasteiger partial charge is 0.248 e. The van der Waals surface area contributed by atoms with Gasteiger partial charge in [0.25, 0.3) is 0 Å². The van der Waals surface area contributed by atoms with Crippen molar-refractivity contribution in [3.8, 4) is 0 Å². The summed E-state index contributed by atoms with van der Waals surface area (Å²) in [5.41, 5.74) is 1.83. The zero-order chi connectivity index (χ0) is 16.1. The maximum absolute atomic E-state index is 12.1. The van der Waals surface area contributed by atoms with Crippen LogP contribution in [-0.4, -0.2) is 32.2 Å². The number of amides is 1. The first-order valence-electron chi connectivity index (χ1n) is 7.69. The molecule has 0 radical (unpaired) electrons. The summed E-state index contributed by atoms with van der Waals surface area (Å²) < 4.78 is 10.8. The number of rotatable bonds is 4. The standard InChI is InChI=1S/C18H20N2O3/c1-14-6-7-15(23-14)8-9-18(21)19-16-4-2-3-5-17(16)20-10-12-22-13-11-20/h2-9H,10-13H2,1H3,(H,19,21)/b9-8+. The van der Waals surface area contributed by atoms with Crippen molar-refractivity contribution in [2.45, 2.75) is 6.92 Å². The predicted octanol–water partition coefficient (Wildman–Crippen LogP) is 3.08. The minimum atomic E-state index is -0.181. The second kappa shape index (κ2) is 7.15. The Morgan fingerprint density at radius 3 is 2.70 bits per heavy atom. The van der Waals surface area contributed by atoms with Crippen LogP contribution in [-0.2, 0) is 9.53 Å². The molecule has 5 nitrogen and oxygen atoms in total. The Kier molecular flexibility index (Phi) is 4.78. The number of furan rings is 1. The van der Waals surface area contributed by atoms with Crippen molar-refractivity contribution in [2.24, 2.45) is 0 Å². The van der Waals surface area contributed by atoms with Gasteiger partial charge in [-0.15, -0.1) is 0 Å². The molecule has 2 heterocycles. The Morgan fingerprint density at radius 2 is 1.96 bits per heavy atom. The first-order chi connectivity index (χ1) is 11.2. The molecule has 1 aliphatic heterocycles. The van der Waals surface area contributed by atoms with Crippen molar-refractivity contribution in [1.29, 1.82) is 0 Å². The summed E-state index contributed by atoms with van der Waals surface area (Å²) in [5.74, 6) is 1.31. The lowest BCUT2D eigenvalue weighted by atomic mass is 10.2. The Hall–Kier alpha value is -2.53. The van der Waals surface area contributed by atoms with Crippen LogP contribution in [0.2, 0.25) is 0 Å². The molecular weight excluding hydrogens is 292 g/mol. The summed E-state index contributed by atoms with van der Waals surface area (Å²) in [6.45, 7) is 4.94. The summed E-state index contributed by atoms with van der Waals surface area (Å²) in [7, 11) is 0. The highest BCUT2D eigenvalue weighted by atomic mass is 16.5. The van der Waals surface area contributed by atoms with E-state index in [-0.39, 0.29) is 5.91 Å². The normalized spacial score (nSPS) is 15.1. The van der Waals surface area contributed by atoms with Crippen molar-refractivity contribution in [2.75, 3.05) is 36.5 Å². The third-order valence-corrected chi connectivity index (χ3v) is 3.67. The molecule has 0 bridgehead atoms. The van der Waals surface area contributed by atoms with Gasteiger partial charge in [-0.05, 0) is 37.3 Å². The number of hydrogen-bond acceptors (Lipinski definition) is 4. The monoisotopic (exact) mass is 312 g/mol. The van der Waals surface area contributed by atoms with Crippen molar-refractivity contribution in [3.63, 3.8) is 0 Å². The number of nitrogens with zero attached hydrogens (tertiary/aromatic N) is 1. The van der Waals surface area contributed by atoms with Gasteiger partial charge in [0, 0.05) is 19.2 Å². The summed E-state index contributed by atoms with van der Waals surface area (Å²) in [5, 5.41) is 2.93. The molecule has 1 aliphatic rings. The van der Waals surface area contributed by atoms with Crippen LogP contribution in [0.3, 0.4) is 0 Å². The van der Waals surface area contributed by atoms with Crippen molar-refractivity contribution >= 4 is 23.4 Å². The molecule has 0 aliphatic carbocycles. The molecular formula is C18H20N2O3. The lowest BCUT2D eigenvalue weighted by Gasteiger charge is -2.30. The number of nitrogens with one attached hydrogen (secondary N) is 1. The van der Waals surface area contributed by atoms with E-state index in [4.69, 9.17) is 9.15 Å². The number of morpholine rings is 1. The molecule has 1 N–H and O–H groups in total. The van der Waals surface area contributed by atoms with Crippen molar-refractivity contribution in [3.05, 3.63) is 54.0 Å². The number of aryl methyl sites for hydroxylation is 1. The maximum atomic E-state index is 12.1. The van der Waals surface area contributed by atoms with Gasteiger partial charge in [-0.2, -0.15) is 0 Å². The van der Waals surface area contributed by atoms with E-state index in [0.29, 0.717) is 19.0 Å². The molecule has 1 saturated heterocycles. The number of carbonyl (C=O) groups is 1. The molecule has 5 heteroatoms. The lowest BCUT2D eigenvalue weighted by Crippen LogP contribution is -2.36. The van der Waals surface area contributed by atoms with Gasteiger partial charge in [0.05, 0.1) is 24.6 Å². The Morgan fingerprint density at radius 1 is 1.17 bits per heavy atom. The molecule has 0 spiro atoms. The quantitative estimate of drug-likeness (QED) is 0.882. The lowest BCUT2D eigenvalue weighted by molar-refractivity contribution is -0.111. The van der Waals surface area contributed by atoms with E-state index in [1.807, 2.05) is 43.3 Å². The number of ether oxygens (including phenoxy) is 1. The fourth-order valence-electron chi connectivity index (χ4n) is 2.53. The number of hydrogen-bond donors (Lipinski definition) is 1. The van der Waals surface area contributed by atoms with Crippen molar-refractivity contribution < 1.29 is 13.9 Å². The zero-order valence-electron chi connectivity index (χ0n) is 13.1. The molecule has 3 rings (SSSR count). The van der Waals surface area contributed by atoms with E-state index in [0.717, 1.165) is 30.2 Å². The molecule has 0 atom stereocenters. The van der Waals surface area contributed by atoms with Gasteiger partial charge in [0.2, 0.25) is 5.91 Å². The summed E-state index contributed by atoms with van der Waals surface area (Å²) >= 11 is 0. The minimum absolute atomic E-state index is 0.181. The molecule has 23 heavy (non-hydrogen) atoms. The number of benzene rings is 1. The van der Waals surface area contributed by atoms with Gasteiger partial charge in [-0.3, -0.25) is 4.79 Å². The predicted molar refractivity (Wildman–Crippen MR) is 90.6 cm³/mol. The van der Waals surface area contributed by atoms with Crippen LogP contribution in [0.15, 0.2) is 46.9 Å². The molecule has 1 aromatic carbocycles. The Balaban J connectivity index is 1.69. The van der Waals surface area contributed by atoms with E-state index in [1.54, 1.807) is 6.08 Å². The van der Waals surface area contributed by atoms with Crippen LogP contribution in [0, 0.1) is 6.92 Å². The molecule has 2 aromatic rings. The fraction of sp³-hybridized carbons (Fsp3) is 0.278. The highest BCUT2D eigenvalue weighted by Crippen LogP contribution is 2.26. The van der Waals surface area contributed by atoms with Crippen LogP contribution in [0.25, 0.3) is 6.08 Å². The van der Waals surface area contributed by atoms with E-state index >= 15 is 0 Å². The molecule has 120 valence electrons. The van der Waals surface area contributed by atoms with Crippen molar-refractivity contribution in [1.82, 2.24) is 0 Å². The second-order valence-electron chi connectivity index (χ2n) is 5.39. The summed E-state index contributed by atoms with van der Waals surface area (Å²) in [6.07, 6.45) is 3.15. The van der Waals surface area contributed by atoms with Gasteiger partial charge < -0.3 is 19.4 Å². The zero-order valence-corrected chi connectivity index (χ0v) is 13.1. The number of para-hydroxylation sites is 2. The van der Waals surface area contributed by atoms with E-state index in [1.165, 1.54) is 6.08 Å². The van der Waals surface area contributed by atoms with Gasteiger partial charge >= 0.3 is 0 Å². The van der Waals surface area contributed by atoms with Gasteiger partial charge in [0.15, 0.2) is 0 Å². The third-order valence-electron chi connectivity index (χ3n) is 3.67. The Labute approximate surface area is 135 Å². The van der Waals surface area contributed by atoms with Crippen LogP contribution in [0.1, 0.15) is 11.5 Å². The van der Waals surface area contributed by atoms with Crippen LogP contribution >= 0.6 is 0 Å². The largest absolute Gasteiger partial charge is 0.462 e. The summed E-state index contributed by atoms with van der Waals surface area (Å²) in [4.78, 5) is 14.4. The maximum Gasteiger partial charge on any atom is 0.248 e. The molecule has 0 saturated carbocycles. The first-order valence-corrected chi connectivity index (χ1v) is 7.69. The van der Waals surface area contributed by atoms with Crippen LogP contribution < -0.4 is 10.2 Å². The van der Waals surface area contributed by atoms with Gasteiger partial charge in [-0.25, -0.2) is 0 Å². The molecule has 0 unspecified atom stereocenters. The third kappa shape index (κ3) is 4.02. The van der Waals surface area contributed by atoms with Crippen LogP contribution in [0.5, 0.6) is 0 Å². The SMILES string of the molecule is Cc1ccc(/C=C/C(=O)Nc2ccccc2N2CCOCC2)o1. The van der Waals surface area contributed by atoms with Crippen LogP contribution in [0.4, 0.5) is 11.4 Å². The highest BCUT2D eigenvalue weighted by Gasteiger charge is 2.15. The average Bonchev–Trinajstić information content (AvgIpc) is 3.00. The van der Waals surface area contributed by atoms with Gasteiger partial charge in [0.1, 0.15) is 11.5 Å². The fourth-order valence-corrected chi connectivity index (χ4v) is 2.53. The van der Waals surface area contributed by atoms with E-state index in [9.17, 15) is 4.79 Å². The highest BCUT2D eigenvalue weighted by molar-refractivity contribution is 6.03. The Bertz CT molecular complexity index is 700. The molecule has 1 fully saturated rings. The number of carbonyl (C=O) groups excluding carboxylic acids is 1. The minimum Gasteiger partial charge on any atom is -0.462 e. The first kappa shape index (κ1) is 15.4. The molecule has 1 aromatic heterocycles. The van der Waals surface area contributed by atoms with Gasteiger partial charge in [-0.1, -0.05) is 12.1 Å². The topological polar surface area (TPSA) is 54.7 Å². The molecule has 1 amide bonds. The van der Waals surface area contributed by atoms with E-state index in [2.05, 4.69) is 10.2 Å². The van der Waals surface area contributed by atoms with E-state index < -0.39 is 0 Å².